The molecular weight excluding hydrogens is 234 g/mol. The Balaban J connectivity index is 1.79. The van der Waals surface area contributed by atoms with Crippen LogP contribution in [0.25, 0.3) is 0 Å². The second-order valence-corrected chi connectivity index (χ2v) is 4.16. The van der Waals surface area contributed by atoms with Crippen molar-refractivity contribution in [2.75, 3.05) is 50.7 Å². The van der Waals surface area contributed by atoms with Crippen LogP contribution in [0.15, 0.2) is 18.2 Å². The lowest BCUT2D eigenvalue weighted by molar-refractivity contribution is 0.0322. The molecule has 0 amide bonds. The molecule has 0 spiro atoms. The van der Waals surface area contributed by atoms with Gasteiger partial charge in [0.2, 0.25) is 0 Å². The smallest absolute Gasteiger partial charge is 0.121 e. The second-order valence-electron chi connectivity index (χ2n) is 4.16. The summed E-state index contributed by atoms with van der Waals surface area (Å²) < 4.78 is 10.9. The highest BCUT2D eigenvalue weighted by Crippen LogP contribution is 2.23. The van der Waals surface area contributed by atoms with Gasteiger partial charge in [-0.3, -0.25) is 15.6 Å². The normalized spacial score (nSPS) is 16.5. The molecule has 100 valence electrons. The Bertz CT molecular complexity index is 381. The zero-order valence-electron chi connectivity index (χ0n) is 10.3. The van der Waals surface area contributed by atoms with Crippen molar-refractivity contribution in [1.29, 1.82) is 0 Å². The average molecular weight is 253 g/mol. The first-order valence-corrected chi connectivity index (χ1v) is 6.02. The molecule has 0 bridgehead atoms. The van der Waals surface area contributed by atoms with E-state index in [0.29, 0.717) is 23.7 Å². The van der Waals surface area contributed by atoms with E-state index in [1.165, 1.54) is 0 Å². The summed E-state index contributed by atoms with van der Waals surface area (Å²) in [6.45, 7) is 4.97. The van der Waals surface area contributed by atoms with Crippen LogP contribution in [0.3, 0.4) is 0 Å². The number of nitrogens with two attached hydrogens (primary N) is 1. The maximum atomic E-state index is 8.86. The standard InChI is InChI=1S/C12H19N3O3/c13-11-2-1-10(9-12(11)14-16)18-8-5-15-3-6-17-7-4-15/h1-2,9,14,16H,3-8,13H2. The number of hydrogen-bond acceptors (Lipinski definition) is 6. The van der Waals surface area contributed by atoms with Crippen molar-refractivity contribution in [3.05, 3.63) is 18.2 Å². The molecule has 18 heavy (non-hydrogen) atoms. The molecule has 0 aliphatic carbocycles. The van der Waals surface area contributed by atoms with E-state index in [0.717, 1.165) is 32.8 Å². The monoisotopic (exact) mass is 253 g/mol. The van der Waals surface area contributed by atoms with Crippen molar-refractivity contribution in [3.8, 4) is 5.75 Å². The summed E-state index contributed by atoms with van der Waals surface area (Å²) in [5.74, 6) is 0.689. The van der Waals surface area contributed by atoms with Crippen LogP contribution in [0.2, 0.25) is 0 Å². The Kier molecular flexibility index (Phi) is 4.63. The molecule has 1 aromatic carbocycles. The van der Waals surface area contributed by atoms with Crippen LogP contribution in [-0.2, 0) is 4.74 Å². The average Bonchev–Trinajstić information content (AvgIpc) is 2.42. The van der Waals surface area contributed by atoms with Crippen LogP contribution in [-0.4, -0.2) is 49.6 Å². The van der Waals surface area contributed by atoms with Crippen LogP contribution in [0, 0.1) is 0 Å². The summed E-state index contributed by atoms with van der Waals surface area (Å²) in [5.41, 5.74) is 8.63. The third-order valence-electron chi connectivity index (χ3n) is 2.93. The van der Waals surface area contributed by atoms with E-state index in [1.807, 2.05) is 5.48 Å². The molecule has 1 aromatic rings. The number of ether oxygens (including phenoxy) is 2. The minimum atomic E-state index is 0.457. The van der Waals surface area contributed by atoms with Gasteiger partial charge in [-0.2, -0.15) is 0 Å². The quantitative estimate of drug-likeness (QED) is 0.531. The summed E-state index contributed by atoms with van der Waals surface area (Å²) in [6, 6.07) is 5.16. The molecule has 2 rings (SSSR count). The molecule has 4 N–H and O–H groups in total. The predicted octanol–water partition coefficient (Wildman–Crippen LogP) is 0.781. The van der Waals surface area contributed by atoms with Crippen LogP contribution in [0.4, 0.5) is 11.4 Å². The van der Waals surface area contributed by atoms with Gasteiger partial charge in [-0.15, -0.1) is 0 Å². The van der Waals surface area contributed by atoms with Crippen LogP contribution >= 0.6 is 0 Å². The SMILES string of the molecule is Nc1ccc(OCCN2CCOCC2)cc1NO. The lowest BCUT2D eigenvalue weighted by Crippen LogP contribution is -2.38. The predicted molar refractivity (Wildman–Crippen MR) is 69.0 cm³/mol. The Morgan fingerprint density at radius 2 is 2.17 bits per heavy atom. The van der Waals surface area contributed by atoms with Crippen molar-refractivity contribution in [3.63, 3.8) is 0 Å². The van der Waals surface area contributed by atoms with Crippen molar-refractivity contribution >= 4 is 11.4 Å². The molecule has 0 aromatic heterocycles. The number of rotatable bonds is 5. The molecule has 6 heteroatoms. The highest BCUT2D eigenvalue weighted by molar-refractivity contribution is 5.66. The summed E-state index contributed by atoms with van der Waals surface area (Å²) in [5, 5.41) is 8.86. The van der Waals surface area contributed by atoms with E-state index in [4.69, 9.17) is 20.4 Å². The Morgan fingerprint density at radius 3 is 2.89 bits per heavy atom. The van der Waals surface area contributed by atoms with Gasteiger partial charge in [-0.05, 0) is 12.1 Å². The molecular formula is C12H19N3O3. The van der Waals surface area contributed by atoms with E-state index >= 15 is 0 Å². The largest absolute Gasteiger partial charge is 0.492 e. The molecule has 6 nitrogen and oxygen atoms in total. The lowest BCUT2D eigenvalue weighted by Gasteiger charge is -2.26. The van der Waals surface area contributed by atoms with Crippen molar-refractivity contribution < 1.29 is 14.7 Å². The van der Waals surface area contributed by atoms with Gasteiger partial charge < -0.3 is 15.2 Å². The van der Waals surface area contributed by atoms with E-state index in [1.54, 1.807) is 18.2 Å². The molecule has 0 saturated carbocycles. The van der Waals surface area contributed by atoms with Crippen LogP contribution in [0.1, 0.15) is 0 Å². The number of hydrogen-bond donors (Lipinski definition) is 3. The first-order valence-electron chi connectivity index (χ1n) is 6.02. The number of benzene rings is 1. The summed E-state index contributed by atoms with van der Waals surface area (Å²) >= 11 is 0. The maximum Gasteiger partial charge on any atom is 0.121 e. The van der Waals surface area contributed by atoms with E-state index in [-0.39, 0.29) is 0 Å². The zero-order chi connectivity index (χ0) is 12.8. The Morgan fingerprint density at radius 1 is 1.39 bits per heavy atom. The summed E-state index contributed by atoms with van der Waals surface area (Å²) in [4.78, 5) is 2.30. The minimum Gasteiger partial charge on any atom is -0.492 e. The van der Waals surface area contributed by atoms with Gasteiger partial charge in [0, 0.05) is 25.7 Å². The first kappa shape index (κ1) is 12.9. The Labute approximate surface area is 106 Å². The fraction of sp³-hybridized carbons (Fsp3) is 0.500. The molecule has 0 radical (unpaired) electrons. The number of nitrogens with one attached hydrogen (secondary N) is 1. The highest BCUT2D eigenvalue weighted by Gasteiger charge is 2.09. The molecule has 1 aliphatic heterocycles. The molecule has 1 heterocycles. The highest BCUT2D eigenvalue weighted by atomic mass is 16.5. The number of nitrogen functional groups attached to an aromatic ring is 1. The van der Waals surface area contributed by atoms with Gasteiger partial charge in [-0.25, -0.2) is 0 Å². The number of morpholine rings is 1. The molecule has 1 aliphatic rings. The van der Waals surface area contributed by atoms with Crippen LogP contribution in [0.5, 0.6) is 5.75 Å². The summed E-state index contributed by atoms with van der Waals surface area (Å²) in [6.07, 6.45) is 0. The third-order valence-corrected chi connectivity index (χ3v) is 2.93. The fourth-order valence-electron chi connectivity index (χ4n) is 1.84. The minimum absolute atomic E-state index is 0.457. The topological polar surface area (TPSA) is 80.0 Å². The van der Waals surface area contributed by atoms with Crippen molar-refractivity contribution in [2.24, 2.45) is 0 Å². The van der Waals surface area contributed by atoms with Crippen molar-refractivity contribution in [1.82, 2.24) is 4.90 Å². The van der Waals surface area contributed by atoms with Crippen molar-refractivity contribution in [2.45, 2.75) is 0 Å². The second kappa shape index (κ2) is 6.44. The number of anilines is 2. The molecule has 1 fully saturated rings. The zero-order valence-corrected chi connectivity index (χ0v) is 10.3. The molecule has 0 atom stereocenters. The van der Waals surface area contributed by atoms with Gasteiger partial charge >= 0.3 is 0 Å². The van der Waals surface area contributed by atoms with E-state index < -0.39 is 0 Å². The van der Waals surface area contributed by atoms with Gasteiger partial charge in [0.05, 0.1) is 24.6 Å². The number of nitrogens with zero attached hydrogens (tertiary/aromatic N) is 1. The third kappa shape index (κ3) is 3.49. The van der Waals surface area contributed by atoms with E-state index in [9.17, 15) is 0 Å². The lowest BCUT2D eigenvalue weighted by atomic mass is 10.2. The van der Waals surface area contributed by atoms with Gasteiger partial charge in [0.1, 0.15) is 12.4 Å². The Hall–Kier alpha value is -1.50. The summed E-state index contributed by atoms with van der Waals surface area (Å²) in [7, 11) is 0. The first-order chi connectivity index (χ1) is 8.79. The van der Waals surface area contributed by atoms with Gasteiger partial charge in [0.25, 0.3) is 0 Å². The van der Waals surface area contributed by atoms with Gasteiger partial charge in [-0.1, -0.05) is 0 Å². The molecule has 0 unspecified atom stereocenters. The maximum absolute atomic E-state index is 8.86. The molecule has 1 saturated heterocycles. The fourth-order valence-corrected chi connectivity index (χ4v) is 1.84. The van der Waals surface area contributed by atoms with Crippen LogP contribution < -0.4 is 16.0 Å². The van der Waals surface area contributed by atoms with E-state index in [2.05, 4.69) is 4.90 Å². The van der Waals surface area contributed by atoms with Gasteiger partial charge in [0.15, 0.2) is 0 Å².